The number of hydrogen-bond donors (Lipinski definition) is 1. The van der Waals surface area contributed by atoms with Crippen molar-refractivity contribution in [2.45, 2.75) is 32.6 Å². The Morgan fingerprint density at radius 3 is 2.55 bits per heavy atom. The van der Waals surface area contributed by atoms with Crippen LogP contribution in [-0.4, -0.2) is 5.97 Å². The second-order valence-corrected chi connectivity index (χ2v) is 2.22. The van der Waals surface area contributed by atoms with E-state index >= 15 is 0 Å². The zero-order valence-electron chi connectivity index (χ0n) is 7.30. The molecular formula is C8H17NO2. The molecule has 0 saturated carbocycles. The molecule has 0 aromatic heterocycles. The summed E-state index contributed by atoms with van der Waals surface area (Å²) >= 11 is 0. The maximum absolute atomic E-state index is 9.83. The van der Waals surface area contributed by atoms with Crippen LogP contribution in [0.2, 0.25) is 0 Å². The van der Waals surface area contributed by atoms with Crippen LogP contribution < -0.4 is 11.3 Å². The topological polar surface area (TPSA) is 76.6 Å². The predicted molar refractivity (Wildman–Crippen MR) is 44.3 cm³/mol. The molecule has 0 amide bonds. The second-order valence-electron chi connectivity index (χ2n) is 2.22. The van der Waals surface area contributed by atoms with E-state index in [9.17, 15) is 9.90 Å². The number of rotatable bonds is 5. The minimum atomic E-state index is -1.10. The van der Waals surface area contributed by atoms with Crippen LogP contribution in [0.25, 0.3) is 0 Å². The van der Waals surface area contributed by atoms with Crippen molar-refractivity contribution >= 4 is 5.97 Å². The highest BCUT2D eigenvalue weighted by molar-refractivity contribution is 5.77. The van der Waals surface area contributed by atoms with Gasteiger partial charge in [0, 0.05) is 0 Å². The van der Waals surface area contributed by atoms with E-state index in [1.165, 1.54) is 6.42 Å². The zero-order valence-corrected chi connectivity index (χ0v) is 7.30. The highest BCUT2D eigenvalue weighted by Gasteiger charge is 1.80. The summed E-state index contributed by atoms with van der Waals surface area (Å²) < 4.78 is 0. The number of carboxylic acid groups (broad SMARTS) is 1. The van der Waals surface area contributed by atoms with Crippen molar-refractivity contribution in [2.24, 2.45) is 0 Å². The molecule has 0 spiro atoms. The molecule has 0 aliphatic heterocycles. The van der Waals surface area contributed by atoms with Crippen LogP contribution in [0.15, 0.2) is 12.2 Å². The van der Waals surface area contributed by atoms with E-state index in [-0.39, 0.29) is 6.15 Å². The van der Waals surface area contributed by atoms with Gasteiger partial charge in [0.15, 0.2) is 0 Å². The highest BCUT2D eigenvalue weighted by atomic mass is 16.4. The molecule has 0 bridgehead atoms. The normalized spacial score (nSPS) is 9.55. The molecule has 0 aliphatic rings. The average molecular weight is 159 g/mol. The Kier molecular flexibility index (Phi) is 10.7. The molecule has 3 heteroatoms. The van der Waals surface area contributed by atoms with Crippen LogP contribution in [0.3, 0.4) is 0 Å². The number of unbranched alkanes of at least 4 members (excludes halogenated alkanes) is 3. The fourth-order valence-corrected chi connectivity index (χ4v) is 0.692. The third-order valence-electron chi connectivity index (χ3n) is 1.23. The summed E-state index contributed by atoms with van der Waals surface area (Å²) in [7, 11) is 0. The first-order valence-corrected chi connectivity index (χ1v) is 3.65. The molecule has 11 heavy (non-hydrogen) atoms. The summed E-state index contributed by atoms with van der Waals surface area (Å²) in [6.45, 7) is 2.11. The fraction of sp³-hybridized carbons (Fsp3) is 0.625. The standard InChI is InChI=1S/C8H14O2.H3N/c1-2-3-4-5-6-7-8(9)10;/h6-7H,2-5H2,1H3,(H,9,10);1H3. The van der Waals surface area contributed by atoms with Crippen molar-refractivity contribution < 1.29 is 9.90 Å². The van der Waals surface area contributed by atoms with Crippen LogP contribution in [-0.2, 0) is 4.79 Å². The van der Waals surface area contributed by atoms with E-state index in [0.29, 0.717) is 0 Å². The maximum Gasteiger partial charge on any atom is 0.0639 e. The second kappa shape index (κ2) is 9.17. The first-order valence-electron chi connectivity index (χ1n) is 3.65. The van der Waals surface area contributed by atoms with Gasteiger partial charge in [-0.15, -0.1) is 0 Å². The highest BCUT2D eigenvalue weighted by Crippen LogP contribution is 1.98. The molecule has 0 radical (unpaired) electrons. The molecular weight excluding hydrogens is 142 g/mol. The Morgan fingerprint density at radius 1 is 1.45 bits per heavy atom. The summed E-state index contributed by atoms with van der Waals surface area (Å²) in [6, 6.07) is 0. The monoisotopic (exact) mass is 159 g/mol. The number of carboxylic acids is 1. The smallest absolute Gasteiger partial charge is 0.0639 e. The van der Waals surface area contributed by atoms with Gasteiger partial charge < -0.3 is 16.1 Å². The summed E-state index contributed by atoms with van der Waals surface area (Å²) in [6.07, 6.45) is 6.99. The Morgan fingerprint density at radius 2 is 2.09 bits per heavy atom. The Labute approximate surface area is 67.7 Å². The van der Waals surface area contributed by atoms with Gasteiger partial charge in [0.05, 0.1) is 5.97 Å². The molecule has 0 heterocycles. The van der Waals surface area contributed by atoms with Crippen LogP contribution in [0.1, 0.15) is 32.6 Å². The summed E-state index contributed by atoms with van der Waals surface area (Å²) in [5.74, 6) is -1.10. The molecule has 0 aromatic rings. The van der Waals surface area contributed by atoms with E-state index in [1.54, 1.807) is 6.08 Å². The van der Waals surface area contributed by atoms with E-state index in [4.69, 9.17) is 0 Å². The van der Waals surface area contributed by atoms with Crippen LogP contribution in [0.5, 0.6) is 0 Å². The summed E-state index contributed by atoms with van der Waals surface area (Å²) in [5.41, 5.74) is 0. The molecule has 0 fully saturated rings. The van der Waals surface area contributed by atoms with Crippen molar-refractivity contribution in [3.8, 4) is 0 Å². The van der Waals surface area contributed by atoms with E-state index in [2.05, 4.69) is 6.92 Å². The number of aliphatic carboxylic acids is 1. The molecule has 0 saturated heterocycles. The number of quaternary nitrogens is 1. The number of hydrogen-bond acceptors (Lipinski definition) is 2. The molecule has 4 N–H and O–H groups in total. The first-order chi connectivity index (χ1) is 4.77. The average Bonchev–Trinajstić information content (AvgIpc) is 1.87. The molecule has 0 rings (SSSR count). The molecule has 0 unspecified atom stereocenters. The van der Waals surface area contributed by atoms with Gasteiger partial charge in [-0.2, -0.15) is 0 Å². The summed E-state index contributed by atoms with van der Waals surface area (Å²) in [4.78, 5) is 9.83. The van der Waals surface area contributed by atoms with Crippen molar-refractivity contribution in [1.29, 1.82) is 0 Å². The van der Waals surface area contributed by atoms with Gasteiger partial charge in [-0.05, 0) is 18.9 Å². The van der Waals surface area contributed by atoms with Gasteiger partial charge in [-0.1, -0.05) is 25.8 Å². The van der Waals surface area contributed by atoms with E-state index < -0.39 is 5.97 Å². The maximum atomic E-state index is 9.83. The third kappa shape index (κ3) is 12.4. The first kappa shape index (κ1) is 12.8. The minimum absolute atomic E-state index is 0. The van der Waals surface area contributed by atoms with Crippen LogP contribution in [0, 0.1) is 0 Å². The Balaban J connectivity index is 0. The molecule has 0 aromatic carbocycles. The third-order valence-corrected chi connectivity index (χ3v) is 1.23. The quantitative estimate of drug-likeness (QED) is 0.484. The fourth-order valence-electron chi connectivity index (χ4n) is 0.692. The van der Waals surface area contributed by atoms with E-state index in [0.717, 1.165) is 25.3 Å². The SMILES string of the molecule is CCCCCC=CC(=O)[O-].[NH4+]. The Hall–Kier alpha value is -0.830. The van der Waals surface area contributed by atoms with E-state index in [1.807, 2.05) is 0 Å². The van der Waals surface area contributed by atoms with Gasteiger partial charge in [0.25, 0.3) is 0 Å². The lowest BCUT2D eigenvalue weighted by Gasteiger charge is -1.92. The van der Waals surface area contributed by atoms with Crippen molar-refractivity contribution in [2.75, 3.05) is 0 Å². The van der Waals surface area contributed by atoms with Crippen LogP contribution >= 0.6 is 0 Å². The lowest BCUT2D eigenvalue weighted by atomic mass is 10.2. The van der Waals surface area contributed by atoms with Gasteiger partial charge in [-0.25, -0.2) is 0 Å². The number of carbonyl (C=O) groups excluding carboxylic acids is 1. The van der Waals surface area contributed by atoms with Crippen molar-refractivity contribution in [3.63, 3.8) is 0 Å². The largest absolute Gasteiger partial charge is 0.545 e. The van der Waals surface area contributed by atoms with Gasteiger partial charge >= 0.3 is 0 Å². The number of allylic oxidation sites excluding steroid dienone is 1. The van der Waals surface area contributed by atoms with Crippen molar-refractivity contribution in [3.05, 3.63) is 12.2 Å². The molecule has 0 aliphatic carbocycles. The van der Waals surface area contributed by atoms with Gasteiger partial charge in [0.2, 0.25) is 0 Å². The summed E-state index contributed by atoms with van der Waals surface area (Å²) in [5, 5.41) is 9.83. The van der Waals surface area contributed by atoms with Gasteiger partial charge in [0.1, 0.15) is 0 Å². The van der Waals surface area contributed by atoms with Crippen LogP contribution in [0.4, 0.5) is 0 Å². The Bertz CT molecular complexity index is 121. The predicted octanol–water partition coefficient (Wildman–Crippen LogP) is 1.25. The molecule has 0 atom stereocenters. The zero-order chi connectivity index (χ0) is 7.82. The minimum Gasteiger partial charge on any atom is -0.545 e. The lowest BCUT2D eigenvalue weighted by molar-refractivity contribution is -0.297. The molecule has 3 nitrogen and oxygen atoms in total. The molecule has 66 valence electrons. The lowest BCUT2D eigenvalue weighted by Crippen LogP contribution is -2.18. The number of carbonyl (C=O) groups is 1. The van der Waals surface area contributed by atoms with Gasteiger partial charge in [-0.3, -0.25) is 0 Å². The van der Waals surface area contributed by atoms with Crippen molar-refractivity contribution in [1.82, 2.24) is 6.15 Å².